The van der Waals surface area contributed by atoms with E-state index in [4.69, 9.17) is 4.74 Å². The van der Waals surface area contributed by atoms with Gasteiger partial charge in [0.1, 0.15) is 0 Å². The molecular weight excluding hydrogens is 200 g/mol. The van der Waals surface area contributed by atoms with Crippen LogP contribution in [0.2, 0.25) is 0 Å². The van der Waals surface area contributed by atoms with Crippen molar-refractivity contribution in [3.05, 3.63) is 0 Å². The molecule has 2 saturated heterocycles. The van der Waals surface area contributed by atoms with E-state index < -0.39 is 0 Å². The Kier molecular flexibility index (Phi) is 4.62. The molecule has 2 heterocycles. The SMILES string of the molecule is CC(C)COCCN1C[C@@H]2CCCN[C@@H]2C1. The molecule has 0 amide bonds. The fourth-order valence-electron chi connectivity index (χ4n) is 2.83. The van der Waals surface area contributed by atoms with Crippen molar-refractivity contribution in [1.29, 1.82) is 0 Å². The summed E-state index contributed by atoms with van der Waals surface area (Å²) in [6.45, 7) is 11.1. The average Bonchev–Trinajstić information content (AvgIpc) is 2.66. The zero-order valence-electron chi connectivity index (χ0n) is 10.7. The summed E-state index contributed by atoms with van der Waals surface area (Å²) in [6, 6.07) is 0.763. The third kappa shape index (κ3) is 3.44. The van der Waals surface area contributed by atoms with Crippen molar-refractivity contribution in [3.8, 4) is 0 Å². The number of nitrogens with one attached hydrogen (secondary N) is 1. The summed E-state index contributed by atoms with van der Waals surface area (Å²) < 4.78 is 5.65. The van der Waals surface area contributed by atoms with Crippen LogP contribution in [0.5, 0.6) is 0 Å². The van der Waals surface area contributed by atoms with Crippen molar-refractivity contribution in [2.45, 2.75) is 32.7 Å². The Balaban J connectivity index is 1.61. The van der Waals surface area contributed by atoms with Crippen molar-refractivity contribution in [1.82, 2.24) is 10.2 Å². The maximum absolute atomic E-state index is 5.65. The smallest absolute Gasteiger partial charge is 0.0593 e. The Labute approximate surface area is 99.5 Å². The van der Waals surface area contributed by atoms with Crippen molar-refractivity contribution >= 4 is 0 Å². The lowest BCUT2D eigenvalue weighted by atomic mass is 9.94. The van der Waals surface area contributed by atoms with Crippen molar-refractivity contribution in [2.24, 2.45) is 11.8 Å². The van der Waals surface area contributed by atoms with Crippen molar-refractivity contribution in [3.63, 3.8) is 0 Å². The van der Waals surface area contributed by atoms with Crippen LogP contribution in [0.3, 0.4) is 0 Å². The number of hydrogen-bond donors (Lipinski definition) is 1. The van der Waals surface area contributed by atoms with Gasteiger partial charge in [-0.25, -0.2) is 0 Å². The summed E-state index contributed by atoms with van der Waals surface area (Å²) in [5, 5.41) is 3.64. The molecule has 1 N–H and O–H groups in total. The Hall–Kier alpha value is -0.120. The van der Waals surface area contributed by atoms with E-state index in [0.717, 1.165) is 31.7 Å². The van der Waals surface area contributed by atoms with Crippen LogP contribution < -0.4 is 5.32 Å². The third-order valence-corrected chi connectivity index (χ3v) is 3.68. The minimum atomic E-state index is 0.655. The molecule has 3 heteroatoms. The van der Waals surface area contributed by atoms with Gasteiger partial charge in [-0.15, -0.1) is 0 Å². The first kappa shape index (κ1) is 12.3. The quantitative estimate of drug-likeness (QED) is 0.716. The molecule has 2 atom stereocenters. The fourth-order valence-corrected chi connectivity index (χ4v) is 2.83. The second-order valence-corrected chi connectivity index (χ2v) is 5.69. The molecule has 0 aromatic carbocycles. The van der Waals surface area contributed by atoms with Gasteiger partial charge in [-0.1, -0.05) is 13.8 Å². The first-order chi connectivity index (χ1) is 7.75. The second kappa shape index (κ2) is 5.99. The molecule has 0 aliphatic carbocycles. The predicted molar refractivity (Wildman–Crippen MR) is 66.6 cm³/mol. The third-order valence-electron chi connectivity index (χ3n) is 3.68. The van der Waals surface area contributed by atoms with Crippen LogP contribution in [0.1, 0.15) is 26.7 Å². The largest absolute Gasteiger partial charge is 0.380 e. The molecule has 0 aromatic heterocycles. The van der Waals surface area contributed by atoms with Crippen LogP contribution in [0.4, 0.5) is 0 Å². The highest BCUT2D eigenvalue weighted by Gasteiger charge is 2.33. The lowest BCUT2D eigenvalue weighted by molar-refractivity contribution is 0.0901. The van der Waals surface area contributed by atoms with Crippen LogP contribution in [0.15, 0.2) is 0 Å². The molecule has 2 aliphatic heterocycles. The summed E-state index contributed by atoms with van der Waals surface area (Å²) in [5.74, 6) is 1.56. The highest BCUT2D eigenvalue weighted by Crippen LogP contribution is 2.24. The van der Waals surface area contributed by atoms with E-state index in [0.29, 0.717) is 5.92 Å². The summed E-state index contributed by atoms with van der Waals surface area (Å²) in [5.41, 5.74) is 0. The van der Waals surface area contributed by atoms with Gasteiger partial charge in [0.25, 0.3) is 0 Å². The zero-order chi connectivity index (χ0) is 11.4. The van der Waals surface area contributed by atoms with Gasteiger partial charge in [-0.05, 0) is 31.2 Å². The van der Waals surface area contributed by atoms with Crippen LogP contribution in [0, 0.1) is 11.8 Å². The van der Waals surface area contributed by atoms with E-state index in [-0.39, 0.29) is 0 Å². The summed E-state index contributed by atoms with van der Waals surface area (Å²) >= 11 is 0. The van der Waals surface area contributed by atoms with E-state index in [1.54, 1.807) is 0 Å². The van der Waals surface area contributed by atoms with E-state index in [1.807, 2.05) is 0 Å². The number of hydrogen-bond acceptors (Lipinski definition) is 3. The van der Waals surface area contributed by atoms with E-state index in [9.17, 15) is 0 Å². The molecular formula is C13H26N2O. The Morgan fingerprint density at radius 1 is 1.38 bits per heavy atom. The van der Waals surface area contributed by atoms with E-state index in [1.165, 1.54) is 32.5 Å². The van der Waals surface area contributed by atoms with Crippen LogP contribution >= 0.6 is 0 Å². The summed E-state index contributed by atoms with van der Waals surface area (Å²) in [6.07, 6.45) is 2.78. The first-order valence-corrected chi connectivity index (χ1v) is 6.79. The lowest BCUT2D eigenvalue weighted by Crippen LogP contribution is -2.40. The molecule has 16 heavy (non-hydrogen) atoms. The van der Waals surface area contributed by atoms with Gasteiger partial charge in [-0.3, -0.25) is 4.90 Å². The predicted octanol–water partition coefficient (Wildman–Crippen LogP) is 1.34. The van der Waals surface area contributed by atoms with Gasteiger partial charge in [-0.2, -0.15) is 0 Å². The molecule has 0 aromatic rings. The maximum atomic E-state index is 5.65. The Morgan fingerprint density at radius 2 is 2.25 bits per heavy atom. The van der Waals surface area contributed by atoms with Crippen LogP contribution in [-0.2, 0) is 4.74 Å². The number of likely N-dealkylation sites (tertiary alicyclic amines) is 1. The zero-order valence-corrected chi connectivity index (χ0v) is 10.7. The minimum Gasteiger partial charge on any atom is -0.380 e. The van der Waals surface area contributed by atoms with Crippen molar-refractivity contribution < 1.29 is 4.74 Å². The topological polar surface area (TPSA) is 24.5 Å². The number of fused-ring (bicyclic) bond motifs is 1. The molecule has 0 saturated carbocycles. The number of nitrogens with zero attached hydrogens (tertiary/aromatic N) is 1. The van der Waals surface area contributed by atoms with E-state index >= 15 is 0 Å². The van der Waals surface area contributed by atoms with Gasteiger partial charge in [0.05, 0.1) is 6.61 Å². The van der Waals surface area contributed by atoms with E-state index in [2.05, 4.69) is 24.1 Å². The molecule has 0 unspecified atom stereocenters. The molecule has 0 radical (unpaired) electrons. The molecule has 3 nitrogen and oxygen atoms in total. The van der Waals surface area contributed by atoms with Gasteiger partial charge >= 0.3 is 0 Å². The van der Waals surface area contributed by atoms with Crippen LogP contribution in [0.25, 0.3) is 0 Å². The van der Waals surface area contributed by atoms with Crippen LogP contribution in [-0.4, -0.2) is 50.3 Å². The highest BCUT2D eigenvalue weighted by atomic mass is 16.5. The normalized spacial score (nSPS) is 30.9. The number of rotatable bonds is 5. The molecule has 0 bridgehead atoms. The monoisotopic (exact) mass is 226 g/mol. The Bertz CT molecular complexity index is 194. The second-order valence-electron chi connectivity index (χ2n) is 5.69. The summed E-state index contributed by atoms with van der Waals surface area (Å²) in [7, 11) is 0. The molecule has 2 rings (SSSR count). The van der Waals surface area contributed by atoms with Gasteiger partial charge in [0.2, 0.25) is 0 Å². The lowest BCUT2D eigenvalue weighted by Gasteiger charge is -2.24. The molecule has 0 spiro atoms. The average molecular weight is 226 g/mol. The molecule has 2 aliphatic rings. The summed E-state index contributed by atoms with van der Waals surface area (Å²) in [4.78, 5) is 2.56. The van der Waals surface area contributed by atoms with Crippen molar-refractivity contribution in [2.75, 3.05) is 39.4 Å². The highest BCUT2D eigenvalue weighted by molar-refractivity contribution is 4.91. The fraction of sp³-hybridized carbons (Fsp3) is 1.00. The molecule has 94 valence electrons. The van der Waals surface area contributed by atoms with Gasteiger partial charge < -0.3 is 10.1 Å². The molecule has 2 fully saturated rings. The standard InChI is InChI=1S/C13H26N2O/c1-11(2)10-16-7-6-15-8-12-4-3-5-14-13(12)9-15/h11-14H,3-10H2,1-2H3/t12-,13+/m0/s1. The minimum absolute atomic E-state index is 0.655. The Morgan fingerprint density at radius 3 is 3.00 bits per heavy atom. The van der Waals surface area contributed by atoms with Gasteiger partial charge in [0, 0.05) is 32.3 Å². The number of ether oxygens (including phenoxy) is 1. The van der Waals surface area contributed by atoms with Gasteiger partial charge in [0.15, 0.2) is 0 Å². The maximum Gasteiger partial charge on any atom is 0.0593 e. The number of piperidine rings is 1. The first-order valence-electron chi connectivity index (χ1n) is 6.79.